The van der Waals surface area contributed by atoms with Gasteiger partial charge in [0.2, 0.25) is 5.91 Å². The minimum absolute atomic E-state index is 0.0726. The first-order valence-electron chi connectivity index (χ1n) is 9.45. The van der Waals surface area contributed by atoms with Crippen LogP contribution in [0, 0.1) is 5.92 Å². The number of thiophene rings is 1. The number of hydrogen-bond acceptors (Lipinski definition) is 5. The predicted molar refractivity (Wildman–Crippen MR) is 116 cm³/mol. The summed E-state index contributed by atoms with van der Waals surface area (Å²) in [7, 11) is -3.77. The molecule has 0 radical (unpaired) electrons. The molecule has 2 N–H and O–H groups in total. The van der Waals surface area contributed by atoms with Crippen LogP contribution in [0.1, 0.15) is 38.1 Å². The monoisotopic (exact) mass is 437 g/mol. The van der Waals surface area contributed by atoms with E-state index >= 15 is 0 Å². The van der Waals surface area contributed by atoms with Crippen molar-refractivity contribution in [3.63, 3.8) is 0 Å². The van der Waals surface area contributed by atoms with E-state index in [0.29, 0.717) is 24.3 Å². The molecule has 2 rings (SSSR count). The van der Waals surface area contributed by atoms with Crippen LogP contribution in [0.5, 0.6) is 0 Å². The highest BCUT2D eigenvalue weighted by atomic mass is 32.2. The quantitative estimate of drug-likeness (QED) is 0.630. The minimum Gasteiger partial charge on any atom is -0.339 e. The molecule has 0 aliphatic carbocycles. The van der Waals surface area contributed by atoms with Gasteiger partial charge in [0.1, 0.15) is 10.3 Å². The van der Waals surface area contributed by atoms with E-state index in [9.17, 15) is 18.0 Å². The smallest absolute Gasteiger partial charge is 0.253 e. The first-order valence-corrected chi connectivity index (χ1v) is 11.8. The van der Waals surface area contributed by atoms with E-state index in [4.69, 9.17) is 0 Å². The maximum absolute atomic E-state index is 12.7. The number of rotatable bonds is 9. The van der Waals surface area contributed by atoms with Gasteiger partial charge >= 0.3 is 0 Å². The highest BCUT2D eigenvalue weighted by Crippen LogP contribution is 2.18. The van der Waals surface area contributed by atoms with Gasteiger partial charge in [-0.25, -0.2) is 8.42 Å². The maximum Gasteiger partial charge on any atom is 0.253 e. The van der Waals surface area contributed by atoms with Crippen LogP contribution in [0.3, 0.4) is 0 Å². The van der Waals surface area contributed by atoms with Crippen LogP contribution >= 0.6 is 11.3 Å². The fraction of sp³-hybridized carbons (Fsp3) is 0.400. The Morgan fingerprint density at radius 2 is 1.69 bits per heavy atom. The van der Waals surface area contributed by atoms with Crippen molar-refractivity contribution >= 4 is 38.9 Å². The van der Waals surface area contributed by atoms with Gasteiger partial charge in [-0.1, -0.05) is 19.9 Å². The van der Waals surface area contributed by atoms with Crippen molar-refractivity contribution in [1.82, 2.24) is 9.62 Å². The Labute approximate surface area is 176 Å². The Morgan fingerprint density at radius 1 is 1.07 bits per heavy atom. The van der Waals surface area contributed by atoms with Crippen molar-refractivity contribution in [3.8, 4) is 0 Å². The SMILES string of the molecule is CCN(CC)C(=O)c1ccc(NC(=O)[C@H](NS(=O)(=O)c2cccs2)C(C)C)cc1. The van der Waals surface area contributed by atoms with E-state index in [0.717, 1.165) is 11.3 Å². The summed E-state index contributed by atoms with van der Waals surface area (Å²) in [6.07, 6.45) is 0. The molecule has 1 aromatic heterocycles. The number of carbonyl (C=O) groups excluding carboxylic acids is 2. The molecule has 158 valence electrons. The van der Waals surface area contributed by atoms with Crippen molar-refractivity contribution < 1.29 is 18.0 Å². The number of nitrogens with zero attached hydrogens (tertiary/aromatic N) is 1. The topological polar surface area (TPSA) is 95.6 Å². The lowest BCUT2D eigenvalue weighted by Gasteiger charge is -2.21. The zero-order chi connectivity index (χ0) is 21.6. The van der Waals surface area contributed by atoms with Gasteiger partial charge in [-0.2, -0.15) is 4.72 Å². The van der Waals surface area contributed by atoms with Crippen LogP contribution in [-0.4, -0.2) is 44.3 Å². The predicted octanol–water partition coefficient (Wildman–Crippen LogP) is 3.17. The van der Waals surface area contributed by atoms with E-state index < -0.39 is 22.0 Å². The summed E-state index contributed by atoms with van der Waals surface area (Å²) in [5.41, 5.74) is 1.03. The molecule has 0 aliphatic heterocycles. The second-order valence-corrected chi connectivity index (χ2v) is 9.71. The first-order chi connectivity index (χ1) is 13.7. The minimum atomic E-state index is -3.77. The molecule has 9 heteroatoms. The first kappa shape index (κ1) is 23.1. The summed E-state index contributed by atoms with van der Waals surface area (Å²) in [4.78, 5) is 26.8. The van der Waals surface area contributed by atoms with Gasteiger partial charge in [0.05, 0.1) is 0 Å². The number of hydrogen-bond donors (Lipinski definition) is 2. The van der Waals surface area contributed by atoms with Gasteiger partial charge in [0.25, 0.3) is 15.9 Å². The molecule has 0 aliphatic rings. The molecule has 1 aromatic carbocycles. The van der Waals surface area contributed by atoms with Gasteiger partial charge in [-0.3, -0.25) is 9.59 Å². The number of anilines is 1. The van der Waals surface area contributed by atoms with Crippen molar-refractivity contribution in [1.29, 1.82) is 0 Å². The van der Waals surface area contributed by atoms with Crippen LogP contribution in [0.4, 0.5) is 5.69 Å². The fourth-order valence-electron chi connectivity index (χ4n) is 2.74. The molecule has 0 spiro atoms. The van der Waals surface area contributed by atoms with Crippen molar-refractivity contribution in [3.05, 3.63) is 47.3 Å². The van der Waals surface area contributed by atoms with Crippen LogP contribution < -0.4 is 10.0 Å². The fourth-order valence-corrected chi connectivity index (χ4v) is 5.10. The zero-order valence-corrected chi connectivity index (χ0v) is 18.6. The summed E-state index contributed by atoms with van der Waals surface area (Å²) in [5, 5.41) is 4.39. The third-order valence-electron chi connectivity index (χ3n) is 4.44. The normalized spacial score (nSPS) is 12.6. The Balaban J connectivity index is 2.11. The average Bonchev–Trinajstić information content (AvgIpc) is 3.23. The second-order valence-electron chi connectivity index (χ2n) is 6.82. The maximum atomic E-state index is 12.7. The summed E-state index contributed by atoms with van der Waals surface area (Å²) >= 11 is 1.09. The molecule has 0 unspecified atom stereocenters. The molecule has 2 aromatic rings. The lowest BCUT2D eigenvalue weighted by atomic mass is 10.0. The average molecular weight is 438 g/mol. The Morgan fingerprint density at radius 3 is 2.17 bits per heavy atom. The van der Waals surface area contributed by atoms with Crippen molar-refractivity contribution in [2.75, 3.05) is 18.4 Å². The lowest BCUT2D eigenvalue weighted by molar-refractivity contribution is -0.118. The summed E-state index contributed by atoms with van der Waals surface area (Å²) in [5.74, 6) is -0.784. The molecule has 0 saturated heterocycles. The Kier molecular flexibility index (Phi) is 7.95. The number of carbonyl (C=O) groups is 2. The third kappa shape index (κ3) is 5.88. The third-order valence-corrected chi connectivity index (χ3v) is 7.28. The zero-order valence-electron chi connectivity index (χ0n) is 17.0. The molecule has 29 heavy (non-hydrogen) atoms. The molecular weight excluding hydrogens is 410 g/mol. The van der Waals surface area contributed by atoms with E-state index in [1.54, 1.807) is 54.5 Å². The number of nitrogens with one attached hydrogen (secondary N) is 2. The summed E-state index contributed by atoms with van der Waals surface area (Å²) in [6.45, 7) is 8.61. The van der Waals surface area contributed by atoms with E-state index in [1.165, 1.54) is 6.07 Å². The highest BCUT2D eigenvalue weighted by Gasteiger charge is 2.29. The largest absolute Gasteiger partial charge is 0.339 e. The van der Waals surface area contributed by atoms with Gasteiger partial charge in [-0.05, 0) is 55.5 Å². The van der Waals surface area contributed by atoms with Crippen LogP contribution in [-0.2, 0) is 14.8 Å². The van der Waals surface area contributed by atoms with Crippen molar-refractivity contribution in [2.45, 2.75) is 37.9 Å². The number of sulfonamides is 1. The van der Waals surface area contributed by atoms with Crippen LogP contribution in [0.25, 0.3) is 0 Å². The molecule has 0 bridgehead atoms. The van der Waals surface area contributed by atoms with Gasteiger partial charge in [0.15, 0.2) is 0 Å². The number of amides is 2. The lowest BCUT2D eigenvalue weighted by Crippen LogP contribution is -2.46. The van der Waals surface area contributed by atoms with Crippen LogP contribution in [0.15, 0.2) is 46.0 Å². The molecule has 0 fully saturated rings. The number of benzene rings is 1. The second kappa shape index (κ2) is 10.00. The van der Waals surface area contributed by atoms with Gasteiger partial charge in [0, 0.05) is 24.3 Å². The molecule has 2 amide bonds. The van der Waals surface area contributed by atoms with E-state index in [2.05, 4.69) is 10.0 Å². The van der Waals surface area contributed by atoms with E-state index in [1.807, 2.05) is 13.8 Å². The van der Waals surface area contributed by atoms with Crippen molar-refractivity contribution in [2.24, 2.45) is 5.92 Å². The van der Waals surface area contributed by atoms with Gasteiger partial charge in [-0.15, -0.1) is 11.3 Å². The molecule has 1 heterocycles. The molecular formula is C20H27N3O4S2. The molecule has 0 saturated carbocycles. The standard InChI is InChI=1S/C20H27N3O4S2/c1-5-23(6-2)20(25)15-9-11-16(12-10-15)21-19(24)18(14(3)4)22-29(26,27)17-8-7-13-28-17/h7-14,18,22H,5-6H2,1-4H3,(H,21,24)/t18-/m1/s1. The summed E-state index contributed by atoms with van der Waals surface area (Å²) in [6, 6.07) is 8.78. The molecule has 1 atom stereocenters. The van der Waals surface area contributed by atoms with E-state index in [-0.39, 0.29) is 16.0 Å². The van der Waals surface area contributed by atoms with Gasteiger partial charge < -0.3 is 10.2 Å². The Bertz CT molecular complexity index is 919. The highest BCUT2D eigenvalue weighted by molar-refractivity contribution is 7.91. The van der Waals surface area contributed by atoms with Crippen LogP contribution in [0.2, 0.25) is 0 Å². The molecule has 7 nitrogen and oxygen atoms in total. The Hall–Kier alpha value is -2.23. The summed E-state index contributed by atoms with van der Waals surface area (Å²) < 4.78 is 27.6.